The van der Waals surface area contributed by atoms with Gasteiger partial charge in [0.2, 0.25) is 0 Å². The van der Waals surface area contributed by atoms with Gasteiger partial charge in [-0.25, -0.2) is 4.79 Å². The summed E-state index contributed by atoms with van der Waals surface area (Å²) in [6.07, 6.45) is 8.58. The lowest BCUT2D eigenvalue weighted by Gasteiger charge is -2.18. The topological polar surface area (TPSA) is 35.5 Å². The largest absolute Gasteiger partial charge is 0.492 e. The van der Waals surface area contributed by atoms with Crippen molar-refractivity contribution in [1.29, 1.82) is 0 Å². The number of rotatable bonds is 13. The van der Waals surface area contributed by atoms with Crippen LogP contribution in [0.5, 0.6) is 5.75 Å². The Morgan fingerprint density at radius 3 is 2.31 bits per heavy atom. The molecule has 0 amide bonds. The van der Waals surface area contributed by atoms with Crippen molar-refractivity contribution in [3.8, 4) is 5.75 Å². The summed E-state index contributed by atoms with van der Waals surface area (Å²) < 4.78 is 11.5. The molecule has 1 aromatic carbocycles. The first-order valence-electron chi connectivity index (χ1n) is 10.5. The standard InChI is InChI=1S/C23H38O3/c1-6-9-13-19-16-20(14-10-7-2)22(26-15-11-12-18(4)5)21(17-19)23(24)25-8-3/h16-18H,6-15H2,1-5H3. The number of hydrogen-bond acceptors (Lipinski definition) is 3. The van der Waals surface area contributed by atoms with E-state index in [4.69, 9.17) is 9.47 Å². The van der Waals surface area contributed by atoms with Crippen LogP contribution in [-0.2, 0) is 17.6 Å². The average Bonchev–Trinajstić information content (AvgIpc) is 2.62. The smallest absolute Gasteiger partial charge is 0.341 e. The van der Waals surface area contributed by atoms with Crippen molar-refractivity contribution in [3.63, 3.8) is 0 Å². The Balaban J connectivity index is 3.13. The fourth-order valence-corrected chi connectivity index (χ4v) is 3.03. The van der Waals surface area contributed by atoms with Crippen LogP contribution in [0, 0.1) is 5.92 Å². The molecule has 0 aliphatic rings. The molecule has 0 N–H and O–H groups in total. The lowest BCUT2D eigenvalue weighted by atomic mass is 9.97. The normalized spacial score (nSPS) is 11.0. The van der Waals surface area contributed by atoms with Crippen molar-refractivity contribution < 1.29 is 14.3 Å². The zero-order valence-electron chi connectivity index (χ0n) is 17.5. The Bertz CT molecular complexity index is 534. The lowest BCUT2D eigenvalue weighted by molar-refractivity contribution is 0.0521. The van der Waals surface area contributed by atoms with Crippen molar-refractivity contribution in [3.05, 3.63) is 28.8 Å². The molecule has 0 radical (unpaired) electrons. The number of carbonyl (C=O) groups excluding carboxylic acids is 1. The summed E-state index contributed by atoms with van der Waals surface area (Å²) in [4.78, 5) is 12.6. The molecule has 0 fully saturated rings. The summed E-state index contributed by atoms with van der Waals surface area (Å²) in [7, 11) is 0. The van der Waals surface area contributed by atoms with Gasteiger partial charge in [-0.3, -0.25) is 0 Å². The van der Waals surface area contributed by atoms with E-state index in [1.54, 1.807) is 0 Å². The predicted octanol–water partition coefficient (Wildman–Crippen LogP) is 6.36. The highest BCUT2D eigenvalue weighted by Gasteiger charge is 2.19. The minimum absolute atomic E-state index is 0.262. The Morgan fingerprint density at radius 1 is 1.00 bits per heavy atom. The average molecular weight is 363 g/mol. The molecule has 0 aliphatic heterocycles. The molecule has 1 rings (SSSR count). The first-order valence-corrected chi connectivity index (χ1v) is 10.5. The second-order valence-electron chi connectivity index (χ2n) is 7.44. The van der Waals surface area contributed by atoms with Crippen LogP contribution in [0.3, 0.4) is 0 Å². The van der Waals surface area contributed by atoms with Gasteiger partial charge in [0.1, 0.15) is 11.3 Å². The maximum Gasteiger partial charge on any atom is 0.341 e. The minimum Gasteiger partial charge on any atom is -0.492 e. The molecule has 0 heterocycles. The molecule has 3 nitrogen and oxygen atoms in total. The summed E-state index contributed by atoms with van der Waals surface area (Å²) in [6.45, 7) is 11.7. The zero-order valence-corrected chi connectivity index (χ0v) is 17.5. The lowest BCUT2D eigenvalue weighted by Crippen LogP contribution is -2.12. The zero-order chi connectivity index (χ0) is 19.4. The van der Waals surface area contributed by atoms with Gasteiger partial charge in [0.05, 0.1) is 13.2 Å². The van der Waals surface area contributed by atoms with Gasteiger partial charge >= 0.3 is 5.97 Å². The maximum absolute atomic E-state index is 12.6. The third kappa shape index (κ3) is 7.80. The van der Waals surface area contributed by atoms with Crippen LogP contribution in [0.2, 0.25) is 0 Å². The number of esters is 1. The third-order valence-corrected chi connectivity index (χ3v) is 4.51. The molecule has 3 heteroatoms. The molecule has 0 atom stereocenters. The number of unbranched alkanes of at least 4 members (excludes halogenated alkanes) is 2. The highest BCUT2D eigenvalue weighted by atomic mass is 16.5. The van der Waals surface area contributed by atoms with Gasteiger partial charge in [-0.05, 0) is 68.6 Å². The van der Waals surface area contributed by atoms with Crippen LogP contribution in [0.15, 0.2) is 12.1 Å². The molecule has 0 saturated carbocycles. The molecule has 0 bridgehead atoms. The van der Waals surface area contributed by atoms with Crippen molar-refractivity contribution in [1.82, 2.24) is 0 Å². The van der Waals surface area contributed by atoms with Crippen molar-refractivity contribution in [2.45, 2.75) is 86.0 Å². The van der Waals surface area contributed by atoms with Crippen molar-refractivity contribution in [2.24, 2.45) is 5.92 Å². The second-order valence-corrected chi connectivity index (χ2v) is 7.44. The summed E-state index contributed by atoms with van der Waals surface area (Å²) in [5.74, 6) is 1.16. The van der Waals surface area contributed by atoms with Crippen LogP contribution in [0.1, 0.15) is 94.6 Å². The van der Waals surface area contributed by atoms with Gasteiger partial charge in [-0.1, -0.05) is 46.6 Å². The van der Waals surface area contributed by atoms with E-state index >= 15 is 0 Å². The van der Waals surface area contributed by atoms with Gasteiger partial charge < -0.3 is 9.47 Å². The van der Waals surface area contributed by atoms with E-state index < -0.39 is 0 Å². The number of ether oxygens (including phenoxy) is 2. The number of carbonyl (C=O) groups is 1. The molecule has 148 valence electrons. The van der Waals surface area contributed by atoms with Crippen LogP contribution in [0.25, 0.3) is 0 Å². The van der Waals surface area contributed by atoms with Gasteiger partial charge in [0.15, 0.2) is 0 Å². The number of benzene rings is 1. The summed E-state index contributed by atoms with van der Waals surface area (Å²) in [5, 5.41) is 0. The Kier molecular flexibility index (Phi) is 11.1. The van der Waals surface area contributed by atoms with Gasteiger partial charge in [-0.2, -0.15) is 0 Å². The Hall–Kier alpha value is -1.51. The van der Waals surface area contributed by atoms with E-state index in [1.807, 2.05) is 13.0 Å². The fourth-order valence-electron chi connectivity index (χ4n) is 3.03. The van der Waals surface area contributed by atoms with Crippen LogP contribution in [0.4, 0.5) is 0 Å². The molecule has 1 aromatic rings. The molecule has 0 aromatic heterocycles. The fraction of sp³-hybridized carbons (Fsp3) is 0.696. The van der Waals surface area contributed by atoms with Gasteiger partial charge in [-0.15, -0.1) is 0 Å². The molecule has 0 spiro atoms. The molecule has 0 aliphatic carbocycles. The van der Waals surface area contributed by atoms with Crippen LogP contribution >= 0.6 is 0 Å². The van der Waals surface area contributed by atoms with Crippen molar-refractivity contribution in [2.75, 3.05) is 13.2 Å². The van der Waals surface area contributed by atoms with Gasteiger partial charge in [0.25, 0.3) is 0 Å². The molecular weight excluding hydrogens is 324 g/mol. The highest BCUT2D eigenvalue weighted by molar-refractivity contribution is 5.93. The summed E-state index contributed by atoms with van der Waals surface area (Å²) >= 11 is 0. The summed E-state index contributed by atoms with van der Waals surface area (Å²) in [6, 6.07) is 4.23. The predicted molar refractivity (Wildman–Crippen MR) is 109 cm³/mol. The van der Waals surface area contributed by atoms with Crippen molar-refractivity contribution >= 4 is 5.97 Å². The molecular formula is C23H38O3. The first-order chi connectivity index (χ1) is 12.5. The van der Waals surface area contributed by atoms with Gasteiger partial charge in [0, 0.05) is 0 Å². The monoisotopic (exact) mass is 362 g/mol. The quantitative estimate of drug-likeness (QED) is 0.302. The van der Waals surface area contributed by atoms with Crippen LogP contribution < -0.4 is 4.74 Å². The first kappa shape index (κ1) is 22.5. The Morgan fingerprint density at radius 2 is 1.69 bits per heavy atom. The minimum atomic E-state index is -0.262. The highest BCUT2D eigenvalue weighted by Crippen LogP contribution is 2.30. The second kappa shape index (κ2) is 12.8. The molecule has 0 saturated heterocycles. The van der Waals surface area contributed by atoms with Crippen LogP contribution in [-0.4, -0.2) is 19.2 Å². The third-order valence-electron chi connectivity index (χ3n) is 4.51. The van der Waals surface area contributed by atoms with E-state index in [-0.39, 0.29) is 5.97 Å². The molecule has 26 heavy (non-hydrogen) atoms. The van der Waals surface area contributed by atoms with E-state index in [9.17, 15) is 4.79 Å². The number of hydrogen-bond donors (Lipinski definition) is 0. The molecule has 0 unspecified atom stereocenters. The van der Waals surface area contributed by atoms with E-state index in [0.29, 0.717) is 24.7 Å². The maximum atomic E-state index is 12.6. The number of aryl methyl sites for hydroxylation is 2. The Labute approximate surface area is 160 Å². The van der Waals surface area contributed by atoms with E-state index in [0.717, 1.165) is 62.7 Å². The SMILES string of the molecule is CCCCc1cc(CCCC)c(OCCCC(C)C)c(C(=O)OCC)c1. The van der Waals surface area contributed by atoms with E-state index in [1.165, 1.54) is 5.56 Å². The summed E-state index contributed by atoms with van der Waals surface area (Å²) in [5.41, 5.74) is 2.99. The van der Waals surface area contributed by atoms with E-state index in [2.05, 4.69) is 33.8 Å².